The Bertz CT molecular complexity index is 2220. The van der Waals surface area contributed by atoms with Crippen LogP contribution in [0, 0.1) is 0 Å². The number of unbranched alkanes of at least 4 members (excludes halogenated alkanes) is 8. The molecule has 89 heavy (non-hydrogen) atoms. The first-order valence-corrected chi connectivity index (χ1v) is 36.1. The summed E-state index contributed by atoms with van der Waals surface area (Å²) in [5.74, 6) is -10.8. The maximum absolute atomic E-state index is 12.1. The molecule has 0 spiro atoms. The standard InChI is InChI=1S/4C14H26O7S.Ti/c4*1-4-7-8-9-14(5-2,6-3)21-13(17)11(10-12(15)16)22(18,19)20;/h4*11H,4-10H2,1-3H3,(H,15,16)(H,18,19,20);. The van der Waals surface area contributed by atoms with E-state index < -0.39 is 157 Å². The van der Waals surface area contributed by atoms with Gasteiger partial charge in [0, 0.05) is 21.7 Å². The van der Waals surface area contributed by atoms with Crippen molar-refractivity contribution in [2.75, 3.05) is 0 Å². The zero-order valence-corrected chi connectivity index (χ0v) is 58.8. The maximum Gasteiger partial charge on any atom is 0.328 e. The second-order valence-corrected chi connectivity index (χ2v) is 27.9. The summed E-state index contributed by atoms with van der Waals surface area (Å²) in [5, 5.41) is 26.4. The Hall–Kier alpha value is -3.89. The molecule has 0 aliphatic heterocycles. The molecule has 0 amide bonds. The minimum absolute atomic E-state index is 0. The van der Waals surface area contributed by atoms with Gasteiger partial charge >= 0.3 is 47.8 Å². The maximum atomic E-state index is 12.1. The Kier molecular flexibility index (Phi) is 48.7. The van der Waals surface area contributed by atoms with Gasteiger partial charge in [-0.25, -0.2) is 0 Å². The number of hydrogen-bond donors (Lipinski definition) is 8. The first-order valence-electron chi connectivity index (χ1n) is 30.1. The van der Waals surface area contributed by atoms with Crippen molar-refractivity contribution in [1.29, 1.82) is 0 Å². The smallest absolute Gasteiger partial charge is 0.328 e. The summed E-state index contributed by atoms with van der Waals surface area (Å²) in [5.41, 5.74) is -3.30. The van der Waals surface area contributed by atoms with Crippen molar-refractivity contribution in [3.8, 4) is 0 Å². The molecule has 0 heterocycles. The van der Waals surface area contributed by atoms with Crippen LogP contribution in [0.3, 0.4) is 0 Å². The van der Waals surface area contributed by atoms with Crippen LogP contribution in [0.5, 0.6) is 0 Å². The Morgan fingerprint density at radius 1 is 0.292 bits per heavy atom. The Morgan fingerprint density at radius 2 is 0.427 bits per heavy atom. The summed E-state index contributed by atoms with van der Waals surface area (Å²) in [6.45, 7) is 22.7. The number of carboxylic acids is 4. The summed E-state index contributed by atoms with van der Waals surface area (Å²) in [4.78, 5) is 91.0. The molecule has 4 unspecified atom stereocenters. The van der Waals surface area contributed by atoms with E-state index in [2.05, 4.69) is 0 Å². The van der Waals surface area contributed by atoms with Crippen molar-refractivity contribution in [2.24, 2.45) is 0 Å². The van der Waals surface area contributed by atoms with Crippen molar-refractivity contribution in [2.45, 2.75) is 306 Å². The molecule has 0 fully saturated rings. The van der Waals surface area contributed by atoms with Crippen LogP contribution in [0.2, 0.25) is 0 Å². The predicted octanol–water partition coefficient (Wildman–Crippen LogP) is 9.60. The number of esters is 4. The van der Waals surface area contributed by atoms with Gasteiger partial charge in [0.1, 0.15) is 22.4 Å². The van der Waals surface area contributed by atoms with E-state index in [1.165, 1.54) is 0 Å². The van der Waals surface area contributed by atoms with Crippen LogP contribution in [-0.4, -0.2) is 163 Å². The molecule has 0 rings (SSSR count). The molecule has 33 heteroatoms. The number of carbonyl (C=O) groups is 8. The average molecular weight is 1400 g/mol. The van der Waals surface area contributed by atoms with E-state index >= 15 is 0 Å². The van der Waals surface area contributed by atoms with Crippen LogP contribution in [-0.2, 0) is 119 Å². The number of rotatable bonds is 44. The fraction of sp³-hybridized carbons (Fsp3) is 0.857. The van der Waals surface area contributed by atoms with Crippen molar-refractivity contribution in [3.05, 3.63) is 0 Å². The molecular formula is C56H104O28S4Ti. The van der Waals surface area contributed by atoms with E-state index in [1.54, 1.807) is 0 Å². The molecule has 4 atom stereocenters. The van der Waals surface area contributed by atoms with E-state index in [9.17, 15) is 72.0 Å². The summed E-state index contributed by atoms with van der Waals surface area (Å²) >= 11 is 0. The van der Waals surface area contributed by atoms with Crippen molar-refractivity contribution >= 4 is 88.2 Å². The Morgan fingerprint density at radius 3 is 0.517 bits per heavy atom. The van der Waals surface area contributed by atoms with E-state index in [0.717, 1.165) is 77.0 Å². The summed E-state index contributed by atoms with van der Waals surface area (Å²) in [7, 11) is -19.3. The molecule has 0 aliphatic rings. The number of aliphatic carboxylic acids is 4. The first kappa shape index (κ1) is 93.8. The van der Waals surface area contributed by atoms with Crippen LogP contribution in [0.1, 0.15) is 263 Å². The number of hydrogen-bond acceptors (Lipinski definition) is 20. The van der Waals surface area contributed by atoms with E-state index in [0.29, 0.717) is 77.0 Å². The third-order valence-corrected chi connectivity index (χ3v) is 19.6. The van der Waals surface area contributed by atoms with Gasteiger partial charge in [-0.05, 0) is 103 Å². The minimum atomic E-state index is -4.83. The fourth-order valence-corrected chi connectivity index (χ4v) is 11.6. The molecule has 0 bridgehead atoms. The molecule has 8 N–H and O–H groups in total. The normalized spacial score (nSPS) is 13.5. The van der Waals surface area contributed by atoms with Crippen LogP contribution in [0.4, 0.5) is 0 Å². The van der Waals surface area contributed by atoms with Gasteiger partial charge in [0.05, 0.1) is 25.7 Å². The van der Waals surface area contributed by atoms with Gasteiger partial charge in [0.25, 0.3) is 40.5 Å². The minimum Gasteiger partial charge on any atom is -0.481 e. The molecule has 0 saturated heterocycles. The Labute approximate surface area is 542 Å². The van der Waals surface area contributed by atoms with Crippen molar-refractivity contribution < 1.29 is 151 Å². The molecule has 524 valence electrons. The summed E-state index contributed by atoms with van der Waals surface area (Å²) in [6.07, 6.45) is 13.2. The molecule has 0 aromatic heterocycles. The van der Waals surface area contributed by atoms with Crippen LogP contribution >= 0.6 is 0 Å². The zero-order valence-electron chi connectivity index (χ0n) is 54.0. The molecule has 28 nitrogen and oxygen atoms in total. The number of carbonyl (C=O) groups excluding carboxylic acids is 4. The third-order valence-electron chi connectivity index (χ3n) is 15.3. The molecule has 0 saturated carbocycles. The monoisotopic (exact) mass is 1400 g/mol. The van der Waals surface area contributed by atoms with E-state index in [1.807, 2.05) is 83.1 Å². The molecule has 0 aliphatic carbocycles. The fourth-order valence-electron chi connectivity index (χ4n) is 8.98. The molecule has 0 radical (unpaired) electrons. The molecule has 0 aromatic rings. The third kappa shape index (κ3) is 39.3. The van der Waals surface area contributed by atoms with Crippen LogP contribution < -0.4 is 0 Å². The first-order chi connectivity index (χ1) is 40.5. The number of ether oxygens (including phenoxy) is 4. The largest absolute Gasteiger partial charge is 0.481 e. The van der Waals surface area contributed by atoms with E-state index in [4.69, 9.17) is 57.6 Å². The van der Waals surface area contributed by atoms with Gasteiger partial charge in [-0.3, -0.25) is 56.6 Å². The second kappa shape index (κ2) is 46.2. The molecule has 0 aromatic carbocycles. The van der Waals surface area contributed by atoms with Crippen LogP contribution in [0.15, 0.2) is 0 Å². The van der Waals surface area contributed by atoms with Crippen LogP contribution in [0.25, 0.3) is 0 Å². The number of carboxylic acid groups (broad SMARTS) is 4. The second-order valence-electron chi connectivity index (χ2n) is 21.5. The summed E-state index contributed by atoms with van der Waals surface area (Å²) < 4.78 is 147. The van der Waals surface area contributed by atoms with Gasteiger partial charge in [-0.1, -0.05) is 134 Å². The van der Waals surface area contributed by atoms with E-state index in [-0.39, 0.29) is 21.7 Å². The van der Waals surface area contributed by atoms with Crippen molar-refractivity contribution in [1.82, 2.24) is 0 Å². The average Bonchev–Trinajstić information content (AvgIpc) is 3.64. The Balaban J connectivity index is -0.000000351. The predicted molar refractivity (Wildman–Crippen MR) is 325 cm³/mol. The molecular weight excluding hydrogens is 1300 g/mol. The van der Waals surface area contributed by atoms with Gasteiger partial charge in [-0.15, -0.1) is 0 Å². The van der Waals surface area contributed by atoms with Gasteiger partial charge in [-0.2, -0.15) is 33.7 Å². The SMILES string of the molecule is CCCCCC(CC)(CC)OC(=O)C(CC(=O)O)S(=O)(=O)O.CCCCCC(CC)(CC)OC(=O)C(CC(=O)O)S(=O)(=O)O.CCCCCC(CC)(CC)OC(=O)C(CC(=O)O)S(=O)(=O)O.CCCCCC(CC)(CC)OC(=O)C(CC(=O)O)S(=O)(=O)O.[Ti]. The van der Waals surface area contributed by atoms with Crippen molar-refractivity contribution in [3.63, 3.8) is 0 Å². The van der Waals surface area contributed by atoms with Gasteiger partial charge < -0.3 is 39.4 Å². The van der Waals surface area contributed by atoms with Gasteiger partial charge in [0.15, 0.2) is 21.0 Å². The summed E-state index contributed by atoms with van der Waals surface area (Å²) in [6, 6.07) is 0. The van der Waals surface area contributed by atoms with Gasteiger partial charge in [0.2, 0.25) is 0 Å². The quantitative estimate of drug-likeness (QED) is 0.00924. The topological polar surface area (TPSA) is 472 Å². The zero-order chi connectivity index (χ0) is 69.6.